The number of benzene rings is 2. The van der Waals surface area contributed by atoms with Crippen LogP contribution in [0.25, 0.3) is 21.3 Å². The van der Waals surface area contributed by atoms with Crippen molar-refractivity contribution in [3.05, 3.63) is 76.3 Å². The van der Waals surface area contributed by atoms with Crippen LogP contribution in [0.3, 0.4) is 0 Å². The maximum atomic E-state index is 13.7. The Balaban J connectivity index is 1.56. The molecule has 1 aliphatic heterocycles. The maximum absolute atomic E-state index is 13.7. The second-order valence-electron chi connectivity index (χ2n) is 8.80. The largest absolute Gasteiger partial charge is 0.496 e. The fraction of sp³-hybridized carbons (Fsp3) is 0.185. The third-order valence-corrected chi connectivity index (χ3v) is 7.26. The van der Waals surface area contributed by atoms with Gasteiger partial charge in [-0.1, -0.05) is 47.1 Å². The number of hydrogen-bond donors (Lipinski definition) is 2. The van der Waals surface area contributed by atoms with Gasteiger partial charge in [0.1, 0.15) is 21.2 Å². The van der Waals surface area contributed by atoms with E-state index in [0.29, 0.717) is 33.9 Å². The Morgan fingerprint density at radius 3 is 2.51 bits per heavy atom. The Labute approximate surface area is 224 Å². The number of rotatable bonds is 6. The zero-order valence-corrected chi connectivity index (χ0v) is 21.4. The number of nitrogens with zero attached hydrogens (tertiary/aromatic N) is 2. The molecule has 1 atom stereocenters. The van der Waals surface area contributed by atoms with Crippen molar-refractivity contribution in [3.63, 3.8) is 0 Å². The molecule has 1 unspecified atom stereocenters. The fourth-order valence-electron chi connectivity index (χ4n) is 4.26. The van der Waals surface area contributed by atoms with E-state index in [2.05, 4.69) is 15.5 Å². The lowest BCUT2D eigenvalue weighted by Gasteiger charge is -2.14. The number of thiophene rings is 1. The average Bonchev–Trinajstić information content (AvgIpc) is 3.54. The molecule has 3 N–H and O–H groups in total. The van der Waals surface area contributed by atoms with Gasteiger partial charge in [0.05, 0.1) is 18.5 Å². The molecule has 5 rings (SSSR count). The number of halogens is 3. The van der Waals surface area contributed by atoms with Gasteiger partial charge in [-0.05, 0) is 36.2 Å². The lowest BCUT2D eigenvalue weighted by molar-refractivity contribution is -0.140. The molecule has 0 aliphatic carbocycles. The van der Waals surface area contributed by atoms with Gasteiger partial charge in [-0.2, -0.15) is 13.2 Å². The van der Waals surface area contributed by atoms with Crippen LogP contribution < -0.4 is 15.8 Å². The van der Waals surface area contributed by atoms with Crippen LogP contribution in [0, 0.1) is 6.92 Å². The van der Waals surface area contributed by atoms with E-state index >= 15 is 0 Å². The number of alkyl halides is 3. The van der Waals surface area contributed by atoms with Crippen LogP contribution in [-0.2, 0) is 15.8 Å². The predicted molar refractivity (Wildman–Crippen MR) is 141 cm³/mol. The Hall–Kier alpha value is -4.45. The molecule has 3 heterocycles. The van der Waals surface area contributed by atoms with Crippen LogP contribution in [0.1, 0.15) is 32.9 Å². The summed E-state index contributed by atoms with van der Waals surface area (Å²) in [5.74, 6) is -1.02. The summed E-state index contributed by atoms with van der Waals surface area (Å²) >= 11 is 0.675. The first-order chi connectivity index (χ1) is 18.6. The average molecular weight is 555 g/mol. The SMILES string of the molecule is COc1ccccc1C1=NOC(C(=O)Nc2c(C(N)=O)sc3nc(C(F)(F)F)cc(-c4ccc(C)cc4)c23)C1. The molecule has 4 aromatic rings. The molecule has 2 aromatic carbocycles. The van der Waals surface area contributed by atoms with Crippen LogP contribution in [0.2, 0.25) is 0 Å². The van der Waals surface area contributed by atoms with Gasteiger partial charge in [-0.15, -0.1) is 11.3 Å². The number of primary amides is 1. The first-order valence-corrected chi connectivity index (χ1v) is 12.5. The molecule has 0 bridgehead atoms. The first kappa shape index (κ1) is 26.2. The van der Waals surface area contributed by atoms with Gasteiger partial charge >= 0.3 is 6.18 Å². The minimum atomic E-state index is -4.74. The predicted octanol–water partition coefficient (Wildman–Crippen LogP) is 5.53. The van der Waals surface area contributed by atoms with E-state index in [1.165, 1.54) is 7.11 Å². The standard InChI is InChI=1S/C27H21F3N4O4S/c1-13-7-9-14(10-8-13)16-11-20(27(28,29)30)32-26-21(16)22(23(39-26)24(31)35)33-25(36)19-12-17(34-38-19)15-5-3-4-6-18(15)37-2/h3-11,19H,12H2,1-2H3,(H2,31,35)(H,33,36). The van der Waals surface area contributed by atoms with E-state index in [1.54, 1.807) is 48.5 Å². The molecule has 0 radical (unpaired) electrons. The van der Waals surface area contributed by atoms with Crippen molar-refractivity contribution in [2.75, 3.05) is 12.4 Å². The summed E-state index contributed by atoms with van der Waals surface area (Å²) in [6.07, 6.45) is -5.70. The lowest BCUT2D eigenvalue weighted by Crippen LogP contribution is -2.29. The molecule has 1 aliphatic rings. The fourth-order valence-corrected chi connectivity index (χ4v) is 5.27. The van der Waals surface area contributed by atoms with Crippen LogP contribution in [-0.4, -0.2) is 35.7 Å². The van der Waals surface area contributed by atoms with Gasteiger partial charge in [0.15, 0.2) is 0 Å². The Morgan fingerprint density at radius 1 is 1.13 bits per heavy atom. The van der Waals surface area contributed by atoms with Crippen LogP contribution in [0.5, 0.6) is 5.75 Å². The molecule has 12 heteroatoms. The number of nitrogens with two attached hydrogens (primary N) is 1. The second-order valence-corrected chi connectivity index (χ2v) is 9.79. The number of aryl methyl sites for hydroxylation is 1. The molecule has 2 aromatic heterocycles. The number of methoxy groups -OCH3 is 1. The molecular weight excluding hydrogens is 533 g/mol. The van der Waals surface area contributed by atoms with Crippen molar-refractivity contribution in [1.29, 1.82) is 0 Å². The number of pyridine rings is 1. The topological polar surface area (TPSA) is 116 Å². The molecular formula is C27H21F3N4O4S. The van der Waals surface area contributed by atoms with E-state index in [-0.39, 0.29) is 32.8 Å². The van der Waals surface area contributed by atoms with E-state index in [9.17, 15) is 22.8 Å². The highest BCUT2D eigenvalue weighted by molar-refractivity contribution is 7.21. The Bertz CT molecular complexity index is 1630. The highest BCUT2D eigenvalue weighted by Gasteiger charge is 2.36. The third-order valence-electron chi connectivity index (χ3n) is 6.17. The minimum Gasteiger partial charge on any atom is -0.496 e. The summed E-state index contributed by atoms with van der Waals surface area (Å²) in [6, 6.07) is 14.8. The molecule has 39 heavy (non-hydrogen) atoms. The number of oxime groups is 1. The number of fused-ring (bicyclic) bond motifs is 1. The molecule has 2 amide bonds. The zero-order chi connectivity index (χ0) is 27.9. The first-order valence-electron chi connectivity index (χ1n) is 11.7. The van der Waals surface area contributed by atoms with Crippen molar-refractivity contribution in [1.82, 2.24) is 4.98 Å². The van der Waals surface area contributed by atoms with Crippen molar-refractivity contribution in [2.24, 2.45) is 10.9 Å². The van der Waals surface area contributed by atoms with Gasteiger partial charge < -0.3 is 20.6 Å². The number of anilines is 1. The smallest absolute Gasteiger partial charge is 0.433 e. The van der Waals surface area contributed by atoms with Gasteiger partial charge in [-0.3, -0.25) is 9.59 Å². The van der Waals surface area contributed by atoms with Gasteiger partial charge in [0, 0.05) is 17.4 Å². The Kier molecular flexibility index (Phi) is 6.73. The molecule has 0 fully saturated rings. The summed E-state index contributed by atoms with van der Waals surface area (Å²) in [5, 5.41) is 6.85. The Morgan fingerprint density at radius 2 is 1.85 bits per heavy atom. The van der Waals surface area contributed by atoms with Gasteiger partial charge in [0.25, 0.3) is 11.8 Å². The summed E-state index contributed by atoms with van der Waals surface area (Å²) in [4.78, 5) is 34.5. The number of carbonyl (C=O) groups is 2. The van der Waals surface area contributed by atoms with E-state index < -0.39 is 29.8 Å². The highest BCUT2D eigenvalue weighted by Crippen LogP contribution is 2.44. The number of nitrogens with one attached hydrogen (secondary N) is 1. The number of amides is 2. The maximum Gasteiger partial charge on any atom is 0.433 e. The summed E-state index contributed by atoms with van der Waals surface area (Å²) in [5.41, 5.74) is 7.04. The minimum absolute atomic E-state index is 0.0290. The van der Waals surface area contributed by atoms with Gasteiger partial charge in [-0.25, -0.2) is 4.98 Å². The summed E-state index contributed by atoms with van der Waals surface area (Å²) in [7, 11) is 1.51. The van der Waals surface area contributed by atoms with E-state index in [0.717, 1.165) is 11.6 Å². The van der Waals surface area contributed by atoms with Crippen LogP contribution in [0.15, 0.2) is 59.8 Å². The number of ether oxygens (including phenoxy) is 1. The molecule has 0 spiro atoms. The summed E-state index contributed by atoms with van der Waals surface area (Å²) in [6.45, 7) is 1.84. The molecule has 0 saturated carbocycles. The second kappa shape index (κ2) is 10.0. The quantitative estimate of drug-likeness (QED) is 0.325. The van der Waals surface area contributed by atoms with Crippen LogP contribution in [0.4, 0.5) is 18.9 Å². The van der Waals surface area contributed by atoms with Crippen molar-refractivity contribution >= 4 is 44.8 Å². The van der Waals surface area contributed by atoms with Crippen LogP contribution >= 0.6 is 11.3 Å². The van der Waals surface area contributed by atoms with Gasteiger partial charge in [0.2, 0.25) is 6.10 Å². The van der Waals surface area contributed by atoms with E-state index in [4.69, 9.17) is 15.3 Å². The van der Waals surface area contributed by atoms with Crippen molar-refractivity contribution < 1.29 is 32.3 Å². The number of para-hydroxylation sites is 1. The van der Waals surface area contributed by atoms with E-state index in [1.807, 2.05) is 6.92 Å². The molecule has 8 nitrogen and oxygen atoms in total. The number of carbonyl (C=O) groups excluding carboxylic acids is 2. The third kappa shape index (κ3) is 5.02. The van der Waals surface area contributed by atoms with Crippen molar-refractivity contribution in [3.8, 4) is 16.9 Å². The zero-order valence-electron chi connectivity index (χ0n) is 20.6. The molecule has 200 valence electrons. The van der Waals surface area contributed by atoms with Crippen molar-refractivity contribution in [2.45, 2.75) is 25.6 Å². The lowest BCUT2D eigenvalue weighted by atomic mass is 9.99. The number of aromatic nitrogens is 1. The normalized spacial score (nSPS) is 15.1. The summed E-state index contributed by atoms with van der Waals surface area (Å²) < 4.78 is 46.5. The molecule has 0 saturated heterocycles. The highest BCUT2D eigenvalue weighted by atomic mass is 32.1. The monoisotopic (exact) mass is 554 g/mol. The number of hydrogen-bond acceptors (Lipinski definition) is 7.